The first-order valence-electron chi connectivity index (χ1n) is 9.65. The van der Waals surface area contributed by atoms with E-state index in [1.165, 1.54) is 0 Å². The van der Waals surface area contributed by atoms with Crippen molar-refractivity contribution in [2.45, 2.75) is 13.0 Å². The highest BCUT2D eigenvalue weighted by Gasteiger charge is 2.18. The summed E-state index contributed by atoms with van der Waals surface area (Å²) in [5.41, 5.74) is 3.47. The van der Waals surface area contributed by atoms with E-state index < -0.39 is 0 Å². The molecule has 0 saturated heterocycles. The van der Waals surface area contributed by atoms with Gasteiger partial charge < -0.3 is 18.9 Å². The van der Waals surface area contributed by atoms with Crippen LogP contribution in [0.1, 0.15) is 6.42 Å². The van der Waals surface area contributed by atoms with E-state index in [0.29, 0.717) is 11.1 Å². The van der Waals surface area contributed by atoms with Crippen LogP contribution in [0.15, 0.2) is 47.3 Å². The first kappa shape index (κ1) is 19.2. The molecule has 6 nitrogen and oxygen atoms in total. The van der Waals surface area contributed by atoms with E-state index in [9.17, 15) is 4.79 Å². The molecule has 0 radical (unpaired) electrons. The molecule has 4 rings (SSSR count). The van der Waals surface area contributed by atoms with Crippen molar-refractivity contribution in [3.63, 3.8) is 0 Å². The molecule has 0 unspecified atom stereocenters. The normalized spacial score (nSPS) is 11.6. The van der Waals surface area contributed by atoms with Crippen LogP contribution in [-0.4, -0.2) is 49.3 Å². The fourth-order valence-electron chi connectivity index (χ4n) is 3.78. The van der Waals surface area contributed by atoms with E-state index in [0.717, 1.165) is 53.1 Å². The predicted molar refractivity (Wildman–Crippen MR) is 116 cm³/mol. The van der Waals surface area contributed by atoms with Gasteiger partial charge in [-0.15, -0.1) is 0 Å². The van der Waals surface area contributed by atoms with Gasteiger partial charge in [0, 0.05) is 29.4 Å². The number of hydrogen-bond acceptors (Lipinski definition) is 5. The molecule has 29 heavy (non-hydrogen) atoms. The largest absolute Gasteiger partial charge is 0.497 e. The Labute approximate surface area is 169 Å². The van der Waals surface area contributed by atoms with Crippen molar-refractivity contribution < 1.29 is 9.47 Å². The Morgan fingerprint density at radius 3 is 2.41 bits per heavy atom. The summed E-state index contributed by atoms with van der Waals surface area (Å²) in [5, 5.41) is 1.45. The van der Waals surface area contributed by atoms with Gasteiger partial charge in [0.25, 0.3) is 0 Å². The number of aryl methyl sites for hydroxylation is 1. The zero-order valence-electron chi connectivity index (χ0n) is 17.2. The lowest BCUT2D eigenvalue weighted by Gasteiger charge is -2.21. The molecular weight excluding hydrogens is 366 g/mol. The van der Waals surface area contributed by atoms with Crippen LogP contribution in [0.25, 0.3) is 33.2 Å². The van der Waals surface area contributed by atoms with Crippen molar-refractivity contribution in [1.29, 1.82) is 0 Å². The average Bonchev–Trinajstić information content (AvgIpc) is 2.73. The number of benzene rings is 3. The minimum Gasteiger partial charge on any atom is -0.497 e. The van der Waals surface area contributed by atoms with Crippen LogP contribution >= 0.6 is 0 Å². The Bertz CT molecular complexity index is 1210. The van der Waals surface area contributed by atoms with Gasteiger partial charge in [-0.1, -0.05) is 0 Å². The second-order valence-corrected chi connectivity index (χ2v) is 7.43. The second kappa shape index (κ2) is 7.72. The van der Waals surface area contributed by atoms with Gasteiger partial charge in [-0.05, 0) is 57.4 Å². The minimum atomic E-state index is -0.0255. The van der Waals surface area contributed by atoms with Gasteiger partial charge in [-0.3, -0.25) is 4.79 Å². The van der Waals surface area contributed by atoms with Crippen LogP contribution in [0.4, 0.5) is 0 Å². The highest BCUT2D eigenvalue weighted by atomic mass is 16.5. The van der Waals surface area contributed by atoms with Gasteiger partial charge in [0.2, 0.25) is 0 Å². The molecule has 2 aliphatic rings. The third-order valence-corrected chi connectivity index (χ3v) is 5.24. The maximum absolute atomic E-state index is 12.9. The molecule has 1 heterocycles. The standard InChI is InChI=1S/C23H25N3O3/c1-25(2)10-5-11-26-20-9-7-16(29-4)13-19(20)24-23-17-8-6-15(28-3)12-18(17)22(27)14-21(23)26/h6-9,12-14H,5,10-11H2,1-4H3. The molecule has 0 fully saturated rings. The average molecular weight is 391 g/mol. The van der Waals surface area contributed by atoms with Gasteiger partial charge >= 0.3 is 0 Å². The highest BCUT2D eigenvalue weighted by Crippen LogP contribution is 2.33. The Morgan fingerprint density at radius 1 is 0.966 bits per heavy atom. The molecule has 0 saturated carbocycles. The van der Waals surface area contributed by atoms with Crippen molar-refractivity contribution in [2.24, 2.45) is 0 Å². The zero-order valence-corrected chi connectivity index (χ0v) is 17.2. The van der Waals surface area contributed by atoms with Crippen molar-refractivity contribution in [2.75, 3.05) is 34.9 Å². The minimum absolute atomic E-state index is 0.0255. The summed E-state index contributed by atoms with van der Waals surface area (Å²) in [6.07, 6.45) is 0.965. The van der Waals surface area contributed by atoms with Crippen LogP contribution in [0.5, 0.6) is 11.5 Å². The Morgan fingerprint density at radius 2 is 1.69 bits per heavy atom. The van der Waals surface area contributed by atoms with E-state index in [1.54, 1.807) is 26.4 Å². The van der Waals surface area contributed by atoms with Crippen LogP contribution in [0, 0.1) is 0 Å². The molecule has 2 aromatic carbocycles. The third-order valence-electron chi connectivity index (χ3n) is 5.24. The number of rotatable bonds is 6. The molecular formula is C23H25N3O3. The van der Waals surface area contributed by atoms with Crippen LogP contribution in [-0.2, 0) is 6.54 Å². The summed E-state index contributed by atoms with van der Waals surface area (Å²) in [7, 11) is 7.38. The monoisotopic (exact) mass is 391 g/mol. The summed E-state index contributed by atoms with van der Waals surface area (Å²) in [6.45, 7) is 1.75. The topological polar surface area (TPSA) is 56.6 Å². The SMILES string of the molecule is COc1ccc2c(c1)nc1c3ccc(OC)cc3c(=O)cc-1n2CCCN(C)C. The number of nitrogens with zero attached hydrogens (tertiary/aromatic N) is 3. The Balaban J connectivity index is 2.03. The van der Waals surface area contributed by atoms with E-state index in [-0.39, 0.29) is 5.43 Å². The Hall–Kier alpha value is -3.12. The molecule has 6 heteroatoms. The molecule has 0 atom stereocenters. The smallest absolute Gasteiger partial charge is 0.188 e. The predicted octanol–water partition coefficient (Wildman–Crippen LogP) is 3.62. The molecule has 1 aliphatic heterocycles. The molecule has 0 aromatic heterocycles. The maximum Gasteiger partial charge on any atom is 0.188 e. The van der Waals surface area contributed by atoms with E-state index >= 15 is 0 Å². The molecule has 2 aromatic rings. The van der Waals surface area contributed by atoms with Crippen molar-refractivity contribution >= 4 is 21.8 Å². The van der Waals surface area contributed by atoms with Gasteiger partial charge in [0.15, 0.2) is 5.43 Å². The van der Waals surface area contributed by atoms with Gasteiger partial charge in [0.1, 0.15) is 11.5 Å². The summed E-state index contributed by atoms with van der Waals surface area (Å²) in [6, 6.07) is 13.2. The Kier molecular flexibility index (Phi) is 5.11. The van der Waals surface area contributed by atoms with Crippen molar-refractivity contribution in [3.05, 3.63) is 52.7 Å². The first-order chi connectivity index (χ1) is 14.0. The summed E-state index contributed by atoms with van der Waals surface area (Å²) < 4.78 is 12.9. The van der Waals surface area contributed by atoms with Crippen molar-refractivity contribution in [3.8, 4) is 22.9 Å². The fourth-order valence-corrected chi connectivity index (χ4v) is 3.78. The number of fused-ring (bicyclic) bond motifs is 4. The molecule has 0 N–H and O–H groups in total. The van der Waals surface area contributed by atoms with Crippen LogP contribution in [0.3, 0.4) is 0 Å². The van der Waals surface area contributed by atoms with Crippen LogP contribution in [0.2, 0.25) is 0 Å². The third kappa shape index (κ3) is 3.51. The lowest BCUT2D eigenvalue weighted by atomic mass is 10.0. The van der Waals surface area contributed by atoms with Gasteiger partial charge in [-0.2, -0.15) is 0 Å². The summed E-state index contributed by atoms with van der Waals surface area (Å²) in [5.74, 6) is 1.42. The van der Waals surface area contributed by atoms with Crippen LogP contribution < -0.4 is 14.9 Å². The lowest BCUT2D eigenvalue weighted by molar-refractivity contribution is 0.388. The number of ether oxygens (including phenoxy) is 2. The molecule has 0 amide bonds. The molecule has 150 valence electrons. The lowest BCUT2D eigenvalue weighted by Crippen LogP contribution is -2.17. The number of methoxy groups -OCH3 is 2. The second-order valence-electron chi connectivity index (χ2n) is 7.43. The molecule has 0 bridgehead atoms. The number of aromatic nitrogens is 2. The molecule has 0 spiro atoms. The van der Waals surface area contributed by atoms with E-state index in [2.05, 4.69) is 23.6 Å². The fraction of sp³-hybridized carbons (Fsp3) is 0.304. The highest BCUT2D eigenvalue weighted by molar-refractivity contribution is 5.98. The quantitative estimate of drug-likeness (QED) is 0.371. The maximum atomic E-state index is 12.9. The zero-order chi connectivity index (χ0) is 20.5. The number of hydrogen-bond donors (Lipinski definition) is 0. The van der Waals surface area contributed by atoms with E-state index in [1.807, 2.05) is 30.3 Å². The summed E-state index contributed by atoms with van der Waals surface area (Å²) in [4.78, 5) is 20.0. The molecule has 1 aliphatic carbocycles. The summed E-state index contributed by atoms with van der Waals surface area (Å²) >= 11 is 0. The first-order valence-corrected chi connectivity index (χ1v) is 9.65. The van der Waals surface area contributed by atoms with Gasteiger partial charge in [0.05, 0.1) is 36.6 Å². The van der Waals surface area contributed by atoms with Crippen molar-refractivity contribution in [1.82, 2.24) is 14.5 Å². The van der Waals surface area contributed by atoms with E-state index in [4.69, 9.17) is 14.5 Å². The van der Waals surface area contributed by atoms with Gasteiger partial charge in [-0.25, -0.2) is 4.98 Å².